The molecular weight excluding hydrogens is 238 g/mol. The van der Waals surface area contributed by atoms with Crippen LogP contribution >= 0.6 is 0 Å². The Kier molecular flexibility index (Phi) is 4.13. The highest BCUT2D eigenvalue weighted by Gasteiger charge is 2.05. The summed E-state index contributed by atoms with van der Waals surface area (Å²) >= 11 is 0. The van der Waals surface area contributed by atoms with Crippen LogP contribution in [0.5, 0.6) is 0 Å². The molecule has 98 valence electrons. The lowest BCUT2D eigenvalue weighted by Gasteiger charge is -2.08. The van der Waals surface area contributed by atoms with Gasteiger partial charge in [0.1, 0.15) is 0 Å². The monoisotopic (exact) mass is 255 g/mol. The van der Waals surface area contributed by atoms with Crippen LogP contribution in [0.1, 0.15) is 21.5 Å². The molecule has 0 atom stereocenters. The predicted octanol–water partition coefficient (Wildman–Crippen LogP) is 2.36. The first kappa shape index (κ1) is 13.1. The molecule has 4 nitrogen and oxygen atoms in total. The van der Waals surface area contributed by atoms with Crippen molar-refractivity contribution in [1.82, 2.24) is 10.3 Å². The van der Waals surface area contributed by atoms with Crippen LogP contribution in [0.25, 0.3) is 0 Å². The fraction of sp³-hybridized carbons (Fsp3) is 0.200. The number of amides is 1. The van der Waals surface area contributed by atoms with Crippen molar-refractivity contribution in [2.24, 2.45) is 0 Å². The normalized spacial score (nSPS) is 10.0. The van der Waals surface area contributed by atoms with Gasteiger partial charge in [0.2, 0.25) is 0 Å². The molecule has 0 unspecified atom stereocenters. The van der Waals surface area contributed by atoms with Crippen LogP contribution in [0.15, 0.2) is 42.7 Å². The van der Waals surface area contributed by atoms with E-state index in [1.165, 1.54) is 0 Å². The van der Waals surface area contributed by atoms with Gasteiger partial charge in [-0.25, -0.2) is 0 Å². The van der Waals surface area contributed by atoms with Crippen molar-refractivity contribution < 1.29 is 4.79 Å². The number of carbonyl (C=O) groups is 1. The van der Waals surface area contributed by atoms with Gasteiger partial charge in [0.25, 0.3) is 5.91 Å². The SMILES string of the molecule is CNc1ccc(C(=O)NCc2cnccc2C)cc1. The molecule has 2 aromatic rings. The number of rotatable bonds is 4. The van der Waals surface area contributed by atoms with E-state index in [4.69, 9.17) is 0 Å². The van der Waals surface area contributed by atoms with E-state index >= 15 is 0 Å². The Morgan fingerprint density at radius 2 is 1.95 bits per heavy atom. The maximum atomic E-state index is 12.0. The molecule has 1 aromatic heterocycles. The van der Waals surface area contributed by atoms with Gasteiger partial charge in [0.15, 0.2) is 0 Å². The van der Waals surface area contributed by atoms with Crippen molar-refractivity contribution in [3.05, 3.63) is 59.4 Å². The Morgan fingerprint density at radius 3 is 2.58 bits per heavy atom. The highest BCUT2D eigenvalue weighted by molar-refractivity contribution is 5.94. The summed E-state index contributed by atoms with van der Waals surface area (Å²) in [5, 5.41) is 5.91. The number of carbonyl (C=O) groups excluding carboxylic acids is 1. The minimum Gasteiger partial charge on any atom is -0.388 e. The number of benzene rings is 1. The molecule has 0 saturated heterocycles. The van der Waals surface area contributed by atoms with E-state index in [0.29, 0.717) is 12.1 Å². The second-order valence-corrected chi connectivity index (χ2v) is 4.31. The topological polar surface area (TPSA) is 54.0 Å². The molecule has 0 radical (unpaired) electrons. The van der Waals surface area contributed by atoms with E-state index in [1.54, 1.807) is 24.5 Å². The molecule has 2 rings (SSSR count). The van der Waals surface area contributed by atoms with Gasteiger partial charge < -0.3 is 10.6 Å². The van der Waals surface area contributed by atoms with Crippen molar-refractivity contribution in [2.45, 2.75) is 13.5 Å². The molecule has 4 heteroatoms. The standard InChI is InChI=1S/C15H17N3O/c1-11-7-8-17-9-13(11)10-18-15(19)12-3-5-14(16-2)6-4-12/h3-9,16H,10H2,1-2H3,(H,18,19). The number of hydrogen-bond donors (Lipinski definition) is 2. The molecule has 1 aromatic carbocycles. The average molecular weight is 255 g/mol. The van der Waals surface area contributed by atoms with Crippen LogP contribution in [-0.2, 0) is 6.54 Å². The molecule has 0 saturated carbocycles. The minimum absolute atomic E-state index is 0.0779. The Bertz CT molecular complexity index is 564. The van der Waals surface area contributed by atoms with Crippen LogP contribution in [0.2, 0.25) is 0 Å². The van der Waals surface area contributed by atoms with Gasteiger partial charge in [-0.1, -0.05) is 0 Å². The van der Waals surface area contributed by atoms with E-state index in [-0.39, 0.29) is 5.91 Å². The van der Waals surface area contributed by atoms with Crippen molar-refractivity contribution in [3.8, 4) is 0 Å². The summed E-state index contributed by atoms with van der Waals surface area (Å²) in [6.45, 7) is 2.50. The summed E-state index contributed by atoms with van der Waals surface area (Å²) in [4.78, 5) is 16.0. The van der Waals surface area contributed by atoms with Crippen molar-refractivity contribution in [1.29, 1.82) is 0 Å². The Balaban J connectivity index is 1.99. The molecule has 0 fully saturated rings. The second kappa shape index (κ2) is 6.00. The number of nitrogens with one attached hydrogen (secondary N) is 2. The zero-order valence-corrected chi connectivity index (χ0v) is 11.1. The Labute approximate surface area is 112 Å². The first-order valence-corrected chi connectivity index (χ1v) is 6.16. The van der Waals surface area contributed by atoms with Gasteiger partial charge in [0, 0.05) is 37.2 Å². The third-order valence-corrected chi connectivity index (χ3v) is 3.02. The lowest BCUT2D eigenvalue weighted by molar-refractivity contribution is 0.0951. The zero-order chi connectivity index (χ0) is 13.7. The van der Waals surface area contributed by atoms with Gasteiger partial charge in [-0.2, -0.15) is 0 Å². The number of pyridine rings is 1. The molecule has 1 heterocycles. The van der Waals surface area contributed by atoms with E-state index < -0.39 is 0 Å². The largest absolute Gasteiger partial charge is 0.388 e. The van der Waals surface area contributed by atoms with Crippen molar-refractivity contribution in [2.75, 3.05) is 12.4 Å². The summed E-state index contributed by atoms with van der Waals surface area (Å²) in [5.74, 6) is -0.0779. The average Bonchev–Trinajstić information content (AvgIpc) is 2.46. The summed E-state index contributed by atoms with van der Waals surface area (Å²) < 4.78 is 0. The van der Waals surface area contributed by atoms with Crippen LogP contribution in [0.4, 0.5) is 5.69 Å². The quantitative estimate of drug-likeness (QED) is 0.881. The third-order valence-electron chi connectivity index (χ3n) is 3.02. The molecule has 2 N–H and O–H groups in total. The number of aromatic nitrogens is 1. The molecule has 0 aliphatic carbocycles. The summed E-state index contributed by atoms with van der Waals surface area (Å²) in [5.41, 5.74) is 3.80. The highest BCUT2D eigenvalue weighted by atomic mass is 16.1. The molecule has 1 amide bonds. The summed E-state index contributed by atoms with van der Waals surface area (Å²) in [7, 11) is 1.85. The Morgan fingerprint density at radius 1 is 1.21 bits per heavy atom. The number of nitrogens with zero attached hydrogens (tertiary/aromatic N) is 1. The molecular formula is C15H17N3O. The van der Waals surface area contributed by atoms with Crippen molar-refractivity contribution >= 4 is 11.6 Å². The van der Waals surface area contributed by atoms with Gasteiger partial charge in [0.05, 0.1) is 0 Å². The van der Waals surface area contributed by atoms with Crippen LogP contribution in [0.3, 0.4) is 0 Å². The lowest BCUT2D eigenvalue weighted by Crippen LogP contribution is -2.23. The lowest BCUT2D eigenvalue weighted by atomic mass is 10.1. The molecule has 0 aliphatic heterocycles. The fourth-order valence-corrected chi connectivity index (χ4v) is 1.75. The van der Waals surface area contributed by atoms with E-state index in [1.807, 2.05) is 32.2 Å². The van der Waals surface area contributed by atoms with Gasteiger partial charge in [-0.05, 0) is 48.4 Å². The molecule has 0 spiro atoms. The maximum absolute atomic E-state index is 12.0. The van der Waals surface area contributed by atoms with Crippen LogP contribution in [-0.4, -0.2) is 17.9 Å². The second-order valence-electron chi connectivity index (χ2n) is 4.31. The minimum atomic E-state index is -0.0779. The van der Waals surface area contributed by atoms with E-state index in [2.05, 4.69) is 15.6 Å². The van der Waals surface area contributed by atoms with E-state index in [0.717, 1.165) is 16.8 Å². The summed E-state index contributed by atoms with van der Waals surface area (Å²) in [6.07, 6.45) is 3.52. The molecule has 19 heavy (non-hydrogen) atoms. The smallest absolute Gasteiger partial charge is 0.251 e. The highest BCUT2D eigenvalue weighted by Crippen LogP contribution is 2.09. The first-order chi connectivity index (χ1) is 9.20. The van der Waals surface area contributed by atoms with Gasteiger partial charge in [-0.3, -0.25) is 9.78 Å². The van der Waals surface area contributed by atoms with Gasteiger partial charge >= 0.3 is 0 Å². The predicted molar refractivity (Wildman–Crippen MR) is 76.1 cm³/mol. The zero-order valence-electron chi connectivity index (χ0n) is 11.1. The molecule has 0 aliphatic rings. The van der Waals surface area contributed by atoms with E-state index in [9.17, 15) is 4.79 Å². The number of hydrogen-bond acceptors (Lipinski definition) is 3. The van der Waals surface area contributed by atoms with Crippen LogP contribution in [0, 0.1) is 6.92 Å². The fourth-order valence-electron chi connectivity index (χ4n) is 1.75. The maximum Gasteiger partial charge on any atom is 0.251 e. The van der Waals surface area contributed by atoms with Crippen molar-refractivity contribution in [3.63, 3.8) is 0 Å². The number of aryl methyl sites for hydroxylation is 1. The Hall–Kier alpha value is -2.36. The molecule has 0 bridgehead atoms. The first-order valence-electron chi connectivity index (χ1n) is 6.16. The summed E-state index contributed by atoms with van der Waals surface area (Å²) in [6, 6.07) is 9.30. The van der Waals surface area contributed by atoms with Crippen LogP contribution < -0.4 is 10.6 Å². The van der Waals surface area contributed by atoms with Gasteiger partial charge in [-0.15, -0.1) is 0 Å². The third kappa shape index (κ3) is 3.31. The number of anilines is 1.